The first-order valence-corrected chi connectivity index (χ1v) is 14.3. The fourth-order valence-corrected chi connectivity index (χ4v) is 5.48. The van der Waals surface area contributed by atoms with Crippen molar-refractivity contribution in [1.82, 2.24) is 0 Å². The van der Waals surface area contributed by atoms with Crippen molar-refractivity contribution in [2.75, 3.05) is 13.2 Å². The van der Waals surface area contributed by atoms with E-state index in [4.69, 9.17) is 13.9 Å². The van der Waals surface area contributed by atoms with Crippen molar-refractivity contribution in [2.45, 2.75) is 71.6 Å². The van der Waals surface area contributed by atoms with E-state index < -0.39 is 22.7 Å². The maximum atomic E-state index is 6.41. The molecule has 0 saturated heterocycles. The number of rotatable bonds is 7. The average Bonchev–Trinajstić information content (AvgIpc) is 2.22. The first-order chi connectivity index (χ1) is 8.95. The van der Waals surface area contributed by atoms with Gasteiger partial charge in [0.2, 0.25) is 6.29 Å². The molecule has 0 aromatic rings. The summed E-state index contributed by atoms with van der Waals surface area (Å²) in [6.45, 7) is 20.7. The molecule has 118 valence electrons. The molecular weight excluding hydrogens is 284 g/mol. The monoisotopic (exact) mass is 316 g/mol. The predicted molar refractivity (Wildman–Crippen MR) is 91.0 cm³/mol. The van der Waals surface area contributed by atoms with Gasteiger partial charge in [0.25, 0.3) is 0 Å². The summed E-state index contributed by atoms with van der Waals surface area (Å²) in [5.74, 6) is 6.47. The molecule has 5 heteroatoms. The van der Waals surface area contributed by atoms with Crippen LogP contribution in [0, 0.1) is 11.8 Å². The number of hydrogen-bond acceptors (Lipinski definition) is 3. The summed E-state index contributed by atoms with van der Waals surface area (Å²) in [5.41, 5.74) is 0. The maximum absolute atomic E-state index is 6.41. The van der Waals surface area contributed by atoms with E-state index in [0.29, 0.717) is 13.2 Å². The van der Waals surface area contributed by atoms with Gasteiger partial charge < -0.3 is 13.9 Å². The largest absolute Gasteiger partial charge is 0.405 e. The van der Waals surface area contributed by atoms with Gasteiger partial charge in [0, 0.05) is 13.2 Å². The highest BCUT2D eigenvalue weighted by atomic mass is 28.4. The lowest BCUT2D eigenvalue weighted by molar-refractivity contribution is -0.0972. The van der Waals surface area contributed by atoms with Crippen LogP contribution < -0.4 is 0 Å². The second-order valence-corrected chi connectivity index (χ2v) is 16.9. The van der Waals surface area contributed by atoms with Crippen molar-refractivity contribution in [3.63, 3.8) is 0 Å². The van der Waals surface area contributed by atoms with E-state index in [1.165, 1.54) is 0 Å². The quantitative estimate of drug-likeness (QED) is 0.405. The van der Waals surface area contributed by atoms with Crippen LogP contribution in [0.15, 0.2) is 0 Å². The van der Waals surface area contributed by atoms with Gasteiger partial charge in [-0.2, -0.15) is 0 Å². The van der Waals surface area contributed by atoms with Crippen LogP contribution in [-0.2, 0) is 13.9 Å². The summed E-state index contributed by atoms with van der Waals surface area (Å²) >= 11 is 0. The van der Waals surface area contributed by atoms with Crippen molar-refractivity contribution in [3.05, 3.63) is 0 Å². The molecule has 3 nitrogen and oxygen atoms in total. The van der Waals surface area contributed by atoms with Crippen LogP contribution in [0.3, 0.4) is 0 Å². The highest BCUT2D eigenvalue weighted by molar-refractivity contribution is 6.81. The van der Waals surface area contributed by atoms with Crippen molar-refractivity contribution in [1.29, 1.82) is 0 Å². The predicted octanol–water partition coefficient (Wildman–Crippen LogP) is 3.88. The molecule has 0 N–H and O–H groups in total. The zero-order chi connectivity index (χ0) is 16.0. The van der Waals surface area contributed by atoms with E-state index in [1.54, 1.807) is 0 Å². The van der Waals surface area contributed by atoms with Crippen molar-refractivity contribution >= 4 is 16.4 Å². The highest BCUT2D eigenvalue weighted by Crippen LogP contribution is 2.28. The lowest BCUT2D eigenvalue weighted by atomic mass is 10.4. The Hall–Kier alpha value is -0.126. The third kappa shape index (κ3) is 7.05. The van der Waals surface area contributed by atoms with Gasteiger partial charge in [-0.25, -0.2) is 0 Å². The summed E-state index contributed by atoms with van der Waals surface area (Å²) in [5, 5.41) is -0.371. The Morgan fingerprint density at radius 1 is 0.950 bits per heavy atom. The van der Waals surface area contributed by atoms with Gasteiger partial charge in [-0.3, -0.25) is 0 Å². The Morgan fingerprint density at radius 2 is 1.40 bits per heavy atom. The lowest BCUT2D eigenvalue weighted by Crippen LogP contribution is -2.55. The lowest BCUT2D eigenvalue weighted by Gasteiger charge is -2.41. The van der Waals surface area contributed by atoms with Crippen LogP contribution in [0.4, 0.5) is 0 Å². The summed E-state index contributed by atoms with van der Waals surface area (Å²) in [6.07, 6.45) is -0.453. The fraction of sp³-hybridized carbons (Fsp3) is 0.867. The molecule has 1 atom stereocenters. The fourth-order valence-electron chi connectivity index (χ4n) is 1.61. The van der Waals surface area contributed by atoms with Crippen LogP contribution in [0.5, 0.6) is 0 Å². The van der Waals surface area contributed by atoms with Gasteiger partial charge in [0.1, 0.15) is 5.22 Å². The van der Waals surface area contributed by atoms with Gasteiger partial charge >= 0.3 is 0 Å². The van der Waals surface area contributed by atoms with Gasteiger partial charge in [0.05, 0.1) is 8.07 Å². The molecule has 0 aromatic carbocycles. The zero-order valence-electron chi connectivity index (χ0n) is 14.7. The van der Waals surface area contributed by atoms with Crippen LogP contribution in [-0.4, -0.2) is 41.1 Å². The smallest absolute Gasteiger partial charge is 0.222 e. The second-order valence-electron chi connectivity index (χ2n) is 7.01. The van der Waals surface area contributed by atoms with Crippen LogP contribution >= 0.6 is 0 Å². The third-order valence-electron chi connectivity index (χ3n) is 3.01. The van der Waals surface area contributed by atoms with E-state index >= 15 is 0 Å². The maximum Gasteiger partial charge on any atom is 0.222 e. The topological polar surface area (TPSA) is 27.7 Å². The Bertz CT molecular complexity index is 341. The average molecular weight is 317 g/mol. The van der Waals surface area contributed by atoms with E-state index in [9.17, 15) is 0 Å². The van der Waals surface area contributed by atoms with Crippen molar-refractivity contribution in [3.8, 4) is 11.8 Å². The molecule has 0 heterocycles. The Kier molecular flexibility index (Phi) is 7.71. The standard InChI is InChI=1S/C15H32O3Si2/c1-10-16-14(17-11-2)12-13-15(3,19(4,5)6)18-20(7,8)9/h14H,10-11H2,1-9H3. The first-order valence-electron chi connectivity index (χ1n) is 7.41. The summed E-state index contributed by atoms with van der Waals surface area (Å²) in [7, 11) is -3.27. The minimum absolute atomic E-state index is 0.371. The molecule has 0 aliphatic heterocycles. The SMILES string of the molecule is CCOC(C#CC(C)(O[Si](C)(C)C)[Si](C)(C)C)OCC. The van der Waals surface area contributed by atoms with E-state index in [0.717, 1.165) is 0 Å². The van der Waals surface area contributed by atoms with Crippen LogP contribution in [0.1, 0.15) is 20.8 Å². The Morgan fingerprint density at radius 3 is 1.70 bits per heavy atom. The van der Waals surface area contributed by atoms with Crippen molar-refractivity contribution in [2.24, 2.45) is 0 Å². The Labute approximate surface area is 127 Å². The van der Waals surface area contributed by atoms with Gasteiger partial charge in [0.15, 0.2) is 8.32 Å². The molecule has 0 aliphatic carbocycles. The molecule has 20 heavy (non-hydrogen) atoms. The van der Waals surface area contributed by atoms with Crippen LogP contribution in [0.2, 0.25) is 39.3 Å². The zero-order valence-corrected chi connectivity index (χ0v) is 16.7. The second kappa shape index (κ2) is 7.76. The normalized spacial score (nSPS) is 15.7. The molecule has 0 aromatic heterocycles. The molecule has 0 rings (SSSR count). The minimum atomic E-state index is -1.66. The summed E-state index contributed by atoms with van der Waals surface area (Å²) in [6, 6.07) is 0. The minimum Gasteiger partial charge on any atom is -0.405 e. The molecule has 0 radical (unpaired) electrons. The molecule has 0 amide bonds. The molecule has 1 unspecified atom stereocenters. The van der Waals surface area contributed by atoms with E-state index in [2.05, 4.69) is 58.0 Å². The summed E-state index contributed by atoms with van der Waals surface area (Å²) in [4.78, 5) is 0. The van der Waals surface area contributed by atoms with E-state index in [-0.39, 0.29) is 5.22 Å². The highest BCUT2D eigenvalue weighted by Gasteiger charge is 2.42. The molecule has 0 fully saturated rings. The van der Waals surface area contributed by atoms with Gasteiger partial charge in [-0.1, -0.05) is 25.6 Å². The van der Waals surface area contributed by atoms with Gasteiger partial charge in [-0.05, 0) is 46.3 Å². The molecule has 0 aliphatic rings. The van der Waals surface area contributed by atoms with E-state index in [1.807, 2.05) is 13.8 Å². The van der Waals surface area contributed by atoms with Crippen molar-refractivity contribution < 1.29 is 13.9 Å². The number of hydrogen-bond donors (Lipinski definition) is 0. The van der Waals surface area contributed by atoms with Gasteiger partial charge in [-0.15, -0.1) is 0 Å². The molecular formula is C15H32O3Si2. The number of ether oxygens (including phenoxy) is 2. The summed E-state index contributed by atoms with van der Waals surface area (Å²) < 4.78 is 17.4. The molecule has 0 saturated carbocycles. The molecule has 0 bridgehead atoms. The first kappa shape index (κ1) is 19.9. The Balaban J connectivity index is 5.27. The van der Waals surface area contributed by atoms with Crippen LogP contribution in [0.25, 0.3) is 0 Å². The molecule has 0 spiro atoms. The third-order valence-corrected chi connectivity index (χ3v) is 7.32.